The fourth-order valence-corrected chi connectivity index (χ4v) is 3.00. The van der Waals surface area contributed by atoms with Gasteiger partial charge in [-0.15, -0.1) is 0 Å². The summed E-state index contributed by atoms with van der Waals surface area (Å²) in [6.07, 6.45) is 2.18. The van der Waals surface area contributed by atoms with Gasteiger partial charge < -0.3 is 15.0 Å². The van der Waals surface area contributed by atoms with Crippen LogP contribution >= 0.6 is 0 Å². The maximum Gasteiger partial charge on any atom is 0.230 e. The number of nitrogens with one attached hydrogen (secondary N) is 1. The molecule has 24 heavy (non-hydrogen) atoms. The van der Waals surface area contributed by atoms with Crippen molar-refractivity contribution in [3.8, 4) is 0 Å². The number of rotatable bonds is 3. The van der Waals surface area contributed by atoms with Crippen molar-refractivity contribution >= 4 is 28.3 Å². The van der Waals surface area contributed by atoms with Gasteiger partial charge in [0.25, 0.3) is 0 Å². The Morgan fingerprint density at radius 1 is 1.21 bits per heavy atom. The molecular weight excluding hydrogens is 304 g/mol. The lowest BCUT2D eigenvalue weighted by Gasteiger charge is -2.18. The summed E-state index contributed by atoms with van der Waals surface area (Å²) in [5.74, 6) is 1.16. The van der Waals surface area contributed by atoms with Crippen LogP contribution in [0.15, 0.2) is 54.4 Å². The Morgan fingerprint density at radius 3 is 2.88 bits per heavy atom. The second kappa shape index (κ2) is 5.81. The average molecular weight is 320 g/mol. The first-order chi connectivity index (χ1) is 11.7. The highest BCUT2D eigenvalue weighted by Gasteiger charge is 2.24. The molecule has 1 aliphatic heterocycles. The van der Waals surface area contributed by atoms with E-state index in [1.807, 2.05) is 24.3 Å². The maximum atomic E-state index is 12.3. The molecule has 0 saturated heterocycles. The number of nitrogens with zero attached hydrogens (tertiary/aromatic N) is 3. The number of aliphatic hydroxyl groups is 1. The van der Waals surface area contributed by atoms with Crippen molar-refractivity contribution in [1.82, 2.24) is 14.5 Å². The minimum Gasteiger partial charge on any atom is -0.512 e. The van der Waals surface area contributed by atoms with E-state index in [2.05, 4.69) is 19.9 Å². The number of pyridine rings is 1. The molecule has 2 aromatic heterocycles. The minimum absolute atomic E-state index is 0.0612. The minimum atomic E-state index is -0.226. The van der Waals surface area contributed by atoms with E-state index in [1.54, 1.807) is 24.4 Å². The van der Waals surface area contributed by atoms with Gasteiger partial charge >= 0.3 is 0 Å². The fraction of sp³-hybridized carbons (Fsp3) is 0.167. The molecule has 1 aromatic carbocycles. The van der Waals surface area contributed by atoms with Gasteiger partial charge in [0.1, 0.15) is 17.4 Å². The molecule has 0 radical (unpaired) electrons. The third kappa shape index (κ3) is 2.52. The van der Waals surface area contributed by atoms with Gasteiger partial charge in [0, 0.05) is 24.7 Å². The number of allylic oxidation sites excluding steroid dienone is 1. The molecule has 0 bridgehead atoms. The van der Waals surface area contributed by atoms with Crippen LogP contribution in [0, 0.1) is 0 Å². The highest BCUT2D eigenvalue weighted by Crippen LogP contribution is 2.31. The van der Waals surface area contributed by atoms with Crippen molar-refractivity contribution in [2.24, 2.45) is 0 Å². The van der Waals surface area contributed by atoms with Crippen molar-refractivity contribution in [3.05, 3.63) is 60.2 Å². The summed E-state index contributed by atoms with van der Waals surface area (Å²) < 4.78 is 2.05. The van der Waals surface area contributed by atoms with E-state index in [0.717, 1.165) is 11.0 Å². The highest BCUT2D eigenvalue weighted by molar-refractivity contribution is 5.97. The van der Waals surface area contributed by atoms with Crippen LogP contribution in [-0.2, 0) is 11.3 Å². The van der Waals surface area contributed by atoms with Crippen LogP contribution in [-0.4, -0.2) is 25.5 Å². The Hall–Kier alpha value is -3.15. The largest absolute Gasteiger partial charge is 0.512 e. The lowest BCUT2D eigenvalue weighted by molar-refractivity contribution is -0.115. The van der Waals surface area contributed by atoms with Crippen LogP contribution in [0.5, 0.6) is 0 Å². The quantitative estimate of drug-likeness (QED) is 0.777. The Bertz CT molecular complexity index is 944. The van der Waals surface area contributed by atoms with Crippen LogP contribution in [0.4, 0.5) is 5.82 Å². The zero-order valence-electron chi connectivity index (χ0n) is 12.9. The van der Waals surface area contributed by atoms with Crippen molar-refractivity contribution in [3.63, 3.8) is 0 Å². The summed E-state index contributed by atoms with van der Waals surface area (Å²) >= 11 is 0. The zero-order chi connectivity index (χ0) is 16.5. The van der Waals surface area contributed by atoms with Crippen molar-refractivity contribution < 1.29 is 9.90 Å². The molecule has 1 aliphatic rings. The number of fused-ring (bicyclic) bond motifs is 3. The first kappa shape index (κ1) is 14.4. The number of hydrogen-bond donors (Lipinski definition) is 2. The topological polar surface area (TPSA) is 80.0 Å². The Kier molecular flexibility index (Phi) is 3.49. The summed E-state index contributed by atoms with van der Waals surface area (Å²) in [7, 11) is 0. The van der Waals surface area contributed by atoms with E-state index in [9.17, 15) is 9.90 Å². The number of amides is 1. The molecule has 0 unspecified atom stereocenters. The molecule has 0 aliphatic carbocycles. The van der Waals surface area contributed by atoms with Crippen LogP contribution in [0.3, 0.4) is 0 Å². The van der Waals surface area contributed by atoms with Gasteiger partial charge in [0.05, 0.1) is 17.5 Å². The van der Waals surface area contributed by atoms with Crippen LogP contribution in [0.2, 0.25) is 0 Å². The Balaban J connectivity index is 1.64. The summed E-state index contributed by atoms with van der Waals surface area (Å²) in [4.78, 5) is 21.0. The third-order valence-corrected chi connectivity index (χ3v) is 4.11. The van der Waals surface area contributed by atoms with Gasteiger partial charge in [-0.25, -0.2) is 9.97 Å². The SMILES string of the molecule is O=C(CC1=C(O)CCn2c1nc1ccccc12)Nc1ccccn1. The monoisotopic (exact) mass is 320 g/mol. The Morgan fingerprint density at radius 2 is 2.04 bits per heavy atom. The first-order valence-electron chi connectivity index (χ1n) is 7.80. The van der Waals surface area contributed by atoms with E-state index in [4.69, 9.17) is 0 Å². The zero-order valence-corrected chi connectivity index (χ0v) is 12.9. The number of aromatic nitrogens is 3. The molecule has 3 heterocycles. The van der Waals surface area contributed by atoms with E-state index >= 15 is 0 Å². The van der Waals surface area contributed by atoms with Gasteiger partial charge in [-0.05, 0) is 24.3 Å². The lowest BCUT2D eigenvalue weighted by atomic mass is 10.1. The van der Waals surface area contributed by atoms with Gasteiger partial charge in [0.2, 0.25) is 5.91 Å². The molecule has 6 nitrogen and oxygen atoms in total. The lowest BCUT2D eigenvalue weighted by Crippen LogP contribution is -2.18. The number of carbonyl (C=O) groups excluding carboxylic acids is 1. The smallest absolute Gasteiger partial charge is 0.230 e. The number of carbonyl (C=O) groups is 1. The number of para-hydroxylation sites is 2. The number of anilines is 1. The summed E-state index contributed by atoms with van der Waals surface area (Å²) in [6.45, 7) is 0.660. The van der Waals surface area contributed by atoms with Crippen LogP contribution in [0.1, 0.15) is 18.7 Å². The van der Waals surface area contributed by atoms with Crippen LogP contribution < -0.4 is 5.32 Å². The molecule has 4 rings (SSSR count). The molecular formula is C18H16N4O2. The Labute approximate surface area is 138 Å². The molecule has 0 fully saturated rings. The number of aliphatic hydroxyl groups excluding tert-OH is 1. The second-order valence-electron chi connectivity index (χ2n) is 5.69. The van der Waals surface area contributed by atoms with Gasteiger partial charge in [-0.2, -0.15) is 0 Å². The number of imidazole rings is 1. The maximum absolute atomic E-state index is 12.3. The predicted molar refractivity (Wildman–Crippen MR) is 91.4 cm³/mol. The molecule has 2 N–H and O–H groups in total. The van der Waals surface area contributed by atoms with Crippen molar-refractivity contribution in [1.29, 1.82) is 0 Å². The first-order valence-corrected chi connectivity index (χ1v) is 7.80. The summed E-state index contributed by atoms with van der Waals surface area (Å²) in [6, 6.07) is 13.1. The average Bonchev–Trinajstić information content (AvgIpc) is 2.97. The number of benzene rings is 1. The van der Waals surface area contributed by atoms with Gasteiger partial charge in [-0.1, -0.05) is 18.2 Å². The van der Waals surface area contributed by atoms with Crippen molar-refractivity contribution in [2.45, 2.75) is 19.4 Å². The molecule has 0 atom stereocenters. The van der Waals surface area contributed by atoms with E-state index in [1.165, 1.54) is 0 Å². The molecule has 0 saturated carbocycles. The second-order valence-corrected chi connectivity index (χ2v) is 5.69. The van der Waals surface area contributed by atoms with E-state index in [0.29, 0.717) is 30.2 Å². The van der Waals surface area contributed by atoms with Crippen molar-refractivity contribution in [2.75, 3.05) is 5.32 Å². The summed E-state index contributed by atoms with van der Waals surface area (Å²) in [5.41, 5.74) is 2.46. The predicted octanol–water partition coefficient (Wildman–Crippen LogP) is 3.13. The summed E-state index contributed by atoms with van der Waals surface area (Å²) in [5, 5.41) is 13.0. The number of hydrogen-bond acceptors (Lipinski definition) is 4. The third-order valence-electron chi connectivity index (χ3n) is 4.11. The molecule has 120 valence electrons. The molecule has 6 heteroatoms. The molecule has 0 spiro atoms. The standard InChI is InChI=1S/C18H16N4O2/c23-15-8-10-22-14-6-2-1-5-13(14)20-18(22)12(15)11-17(24)21-16-7-3-4-9-19-16/h1-7,9,23H,8,10-11H2,(H,19,21,24). The molecule has 3 aromatic rings. The van der Waals surface area contributed by atoms with Gasteiger partial charge in [-0.3, -0.25) is 4.79 Å². The van der Waals surface area contributed by atoms with E-state index < -0.39 is 0 Å². The van der Waals surface area contributed by atoms with E-state index in [-0.39, 0.29) is 18.1 Å². The van der Waals surface area contributed by atoms with Crippen LogP contribution in [0.25, 0.3) is 16.6 Å². The normalized spacial score (nSPS) is 13.8. The fourth-order valence-electron chi connectivity index (χ4n) is 3.00. The number of aryl methyl sites for hydroxylation is 1. The molecule has 1 amide bonds. The highest BCUT2D eigenvalue weighted by atomic mass is 16.3. The van der Waals surface area contributed by atoms with Gasteiger partial charge in [0.15, 0.2) is 0 Å².